The molecular formula is C24H35N5S. The number of hydrogen-bond acceptors (Lipinski definition) is 4. The van der Waals surface area contributed by atoms with Crippen LogP contribution in [0.1, 0.15) is 32.8 Å². The second-order valence-corrected chi connectivity index (χ2v) is 9.62. The summed E-state index contributed by atoms with van der Waals surface area (Å²) >= 11 is 5.73. The van der Waals surface area contributed by atoms with Crippen LogP contribution in [0.3, 0.4) is 0 Å². The molecule has 1 aromatic carbocycles. The number of nitrogens with zero attached hydrogens (tertiary/aromatic N) is 4. The van der Waals surface area contributed by atoms with Crippen molar-refractivity contribution in [2.45, 2.75) is 34.1 Å². The number of benzene rings is 1. The predicted molar refractivity (Wildman–Crippen MR) is 132 cm³/mol. The van der Waals surface area contributed by atoms with Gasteiger partial charge in [0, 0.05) is 50.3 Å². The average Bonchev–Trinajstić information content (AvgIpc) is 2.73. The molecule has 30 heavy (non-hydrogen) atoms. The highest BCUT2D eigenvalue weighted by Crippen LogP contribution is 2.27. The van der Waals surface area contributed by atoms with Gasteiger partial charge in [0.2, 0.25) is 0 Å². The van der Waals surface area contributed by atoms with Gasteiger partial charge in [0.05, 0.1) is 5.52 Å². The fourth-order valence-electron chi connectivity index (χ4n) is 4.94. The van der Waals surface area contributed by atoms with Crippen LogP contribution in [-0.2, 0) is 0 Å². The number of anilines is 2. The van der Waals surface area contributed by atoms with E-state index >= 15 is 0 Å². The molecule has 2 fully saturated rings. The number of likely N-dealkylation sites (tertiary alicyclic amines) is 1. The Morgan fingerprint density at radius 1 is 1.10 bits per heavy atom. The highest BCUT2D eigenvalue weighted by atomic mass is 32.1. The van der Waals surface area contributed by atoms with Gasteiger partial charge in [-0.3, -0.25) is 0 Å². The van der Waals surface area contributed by atoms with Crippen molar-refractivity contribution < 1.29 is 0 Å². The molecule has 3 heterocycles. The molecule has 4 rings (SSSR count). The summed E-state index contributed by atoms with van der Waals surface area (Å²) in [6, 6.07) is 8.66. The first kappa shape index (κ1) is 21.3. The average molecular weight is 426 g/mol. The SMILES string of the molecule is CCN1CCN(c2cc(C)c3cc(NC(=S)N4C[C@H](C)C[C@H](C)C4)ccc3n2)CC1. The third-order valence-electron chi connectivity index (χ3n) is 6.55. The van der Waals surface area contributed by atoms with E-state index in [1.165, 1.54) is 17.4 Å². The number of thiocarbonyl (C=S) groups is 1. The normalized spacial score (nSPS) is 23.1. The van der Waals surface area contributed by atoms with E-state index in [1.54, 1.807) is 0 Å². The number of likely N-dealkylation sites (N-methyl/N-ethyl adjacent to an activating group) is 1. The lowest BCUT2D eigenvalue weighted by molar-refractivity contribution is 0.216. The van der Waals surface area contributed by atoms with Crippen LogP contribution in [0, 0.1) is 18.8 Å². The van der Waals surface area contributed by atoms with Crippen molar-refractivity contribution in [2.24, 2.45) is 11.8 Å². The van der Waals surface area contributed by atoms with Crippen LogP contribution < -0.4 is 10.2 Å². The first-order valence-corrected chi connectivity index (χ1v) is 11.8. The Morgan fingerprint density at radius 3 is 2.47 bits per heavy atom. The Kier molecular flexibility index (Phi) is 6.44. The first-order chi connectivity index (χ1) is 14.4. The van der Waals surface area contributed by atoms with Gasteiger partial charge in [-0.15, -0.1) is 0 Å². The summed E-state index contributed by atoms with van der Waals surface area (Å²) in [5.74, 6) is 2.48. The van der Waals surface area contributed by atoms with Crippen molar-refractivity contribution in [1.82, 2.24) is 14.8 Å². The summed E-state index contributed by atoms with van der Waals surface area (Å²) in [4.78, 5) is 12.2. The highest BCUT2D eigenvalue weighted by molar-refractivity contribution is 7.80. The van der Waals surface area contributed by atoms with E-state index in [1.807, 2.05) is 0 Å². The van der Waals surface area contributed by atoms with E-state index in [2.05, 4.69) is 72.0 Å². The van der Waals surface area contributed by atoms with Gasteiger partial charge in [-0.2, -0.15) is 0 Å². The summed E-state index contributed by atoms with van der Waals surface area (Å²) in [6.07, 6.45) is 1.29. The molecule has 162 valence electrons. The topological polar surface area (TPSA) is 34.6 Å². The van der Waals surface area contributed by atoms with Gasteiger partial charge in [-0.25, -0.2) is 4.98 Å². The number of piperazine rings is 1. The predicted octanol–water partition coefficient (Wildman–Crippen LogP) is 4.36. The molecule has 2 aliphatic heterocycles. The first-order valence-electron chi connectivity index (χ1n) is 11.4. The van der Waals surface area contributed by atoms with Crippen molar-refractivity contribution in [2.75, 3.05) is 56.0 Å². The third-order valence-corrected chi connectivity index (χ3v) is 6.91. The molecular weight excluding hydrogens is 390 g/mol. The fraction of sp³-hybridized carbons (Fsp3) is 0.583. The lowest BCUT2D eigenvalue weighted by Crippen LogP contribution is -2.46. The van der Waals surface area contributed by atoms with E-state index in [-0.39, 0.29) is 0 Å². The number of hydrogen-bond donors (Lipinski definition) is 1. The van der Waals surface area contributed by atoms with E-state index < -0.39 is 0 Å². The third kappa shape index (κ3) is 4.70. The molecule has 2 atom stereocenters. The number of pyridine rings is 1. The number of aromatic nitrogens is 1. The molecule has 5 nitrogen and oxygen atoms in total. The molecule has 0 aliphatic carbocycles. The smallest absolute Gasteiger partial charge is 0.173 e. The number of rotatable bonds is 3. The van der Waals surface area contributed by atoms with Crippen molar-refractivity contribution in [3.05, 3.63) is 29.8 Å². The number of piperidine rings is 1. The molecule has 0 saturated carbocycles. The minimum Gasteiger partial charge on any atom is -0.354 e. The van der Waals surface area contributed by atoms with Gasteiger partial charge in [-0.05, 0) is 73.8 Å². The molecule has 2 aromatic rings. The van der Waals surface area contributed by atoms with Gasteiger partial charge in [0.25, 0.3) is 0 Å². The van der Waals surface area contributed by atoms with Gasteiger partial charge in [-0.1, -0.05) is 20.8 Å². The van der Waals surface area contributed by atoms with Crippen LogP contribution in [-0.4, -0.2) is 65.7 Å². The molecule has 0 bridgehead atoms. The van der Waals surface area contributed by atoms with Gasteiger partial charge in [0.1, 0.15) is 5.82 Å². The number of fused-ring (bicyclic) bond motifs is 1. The van der Waals surface area contributed by atoms with Crippen molar-refractivity contribution in [3.8, 4) is 0 Å². The summed E-state index contributed by atoms with van der Waals surface area (Å²) in [5.41, 5.74) is 3.37. The summed E-state index contributed by atoms with van der Waals surface area (Å²) in [6.45, 7) is 16.6. The largest absolute Gasteiger partial charge is 0.354 e. The van der Waals surface area contributed by atoms with Crippen molar-refractivity contribution in [3.63, 3.8) is 0 Å². The monoisotopic (exact) mass is 425 g/mol. The molecule has 2 saturated heterocycles. The fourth-order valence-corrected chi connectivity index (χ4v) is 5.21. The highest BCUT2D eigenvalue weighted by Gasteiger charge is 2.23. The Bertz CT molecular complexity index is 896. The number of aryl methyl sites for hydroxylation is 1. The summed E-state index contributed by atoms with van der Waals surface area (Å²) in [5, 5.41) is 5.51. The molecule has 1 aromatic heterocycles. The Balaban J connectivity index is 1.49. The Labute approximate surface area is 186 Å². The molecule has 0 spiro atoms. The quantitative estimate of drug-likeness (QED) is 0.736. The van der Waals surface area contributed by atoms with Crippen LogP contribution >= 0.6 is 12.2 Å². The molecule has 1 N–H and O–H groups in total. The second kappa shape index (κ2) is 9.06. The lowest BCUT2D eigenvalue weighted by Gasteiger charge is -2.36. The van der Waals surface area contributed by atoms with Gasteiger partial charge in [0.15, 0.2) is 5.11 Å². The van der Waals surface area contributed by atoms with Crippen LogP contribution in [0.25, 0.3) is 10.9 Å². The van der Waals surface area contributed by atoms with E-state index in [9.17, 15) is 0 Å². The van der Waals surface area contributed by atoms with Crippen LogP contribution in [0.4, 0.5) is 11.5 Å². The van der Waals surface area contributed by atoms with Gasteiger partial charge < -0.3 is 20.0 Å². The molecule has 0 radical (unpaired) electrons. The second-order valence-electron chi connectivity index (χ2n) is 9.23. The standard InChI is InChI=1S/C24H35N5S/c1-5-27-8-10-28(11-9-27)23-13-19(4)21-14-20(6-7-22(21)26-23)25-24(30)29-15-17(2)12-18(3)16-29/h6-7,13-14,17-18H,5,8-12,15-16H2,1-4H3,(H,25,30)/t17-,18+. The Morgan fingerprint density at radius 2 is 1.80 bits per heavy atom. The molecule has 6 heteroatoms. The number of nitrogens with one attached hydrogen (secondary N) is 1. The van der Waals surface area contributed by atoms with Crippen LogP contribution in [0.5, 0.6) is 0 Å². The zero-order valence-electron chi connectivity index (χ0n) is 18.8. The van der Waals surface area contributed by atoms with Crippen molar-refractivity contribution in [1.29, 1.82) is 0 Å². The molecule has 0 unspecified atom stereocenters. The van der Waals surface area contributed by atoms with Crippen LogP contribution in [0.15, 0.2) is 24.3 Å². The zero-order chi connectivity index (χ0) is 21.3. The molecule has 0 amide bonds. The molecule has 2 aliphatic rings. The summed E-state index contributed by atoms with van der Waals surface area (Å²) < 4.78 is 0. The summed E-state index contributed by atoms with van der Waals surface area (Å²) in [7, 11) is 0. The maximum absolute atomic E-state index is 5.73. The van der Waals surface area contributed by atoms with E-state index in [4.69, 9.17) is 17.2 Å². The lowest BCUT2D eigenvalue weighted by atomic mass is 9.92. The van der Waals surface area contributed by atoms with E-state index in [0.29, 0.717) is 11.8 Å². The van der Waals surface area contributed by atoms with Gasteiger partial charge >= 0.3 is 0 Å². The van der Waals surface area contributed by atoms with Crippen LogP contribution in [0.2, 0.25) is 0 Å². The zero-order valence-corrected chi connectivity index (χ0v) is 19.6. The maximum atomic E-state index is 5.73. The Hall–Kier alpha value is -1.92. The maximum Gasteiger partial charge on any atom is 0.173 e. The minimum atomic E-state index is 0.689. The van der Waals surface area contributed by atoms with E-state index in [0.717, 1.165) is 67.9 Å². The minimum absolute atomic E-state index is 0.689. The van der Waals surface area contributed by atoms with Crippen molar-refractivity contribution >= 4 is 39.7 Å².